The summed E-state index contributed by atoms with van der Waals surface area (Å²) in [5.41, 5.74) is 0. The first kappa shape index (κ1) is 44.0. The number of aliphatic hydroxyl groups is 1. The molecule has 0 heterocycles. The predicted octanol–water partition coefficient (Wildman–Crippen LogP) is 8.98. The molecule has 3 N–H and O–H groups in total. The van der Waals surface area contributed by atoms with E-state index in [1.165, 1.54) is 57.8 Å². The number of aliphatic hydroxyl groups excluding tert-OH is 1. The molecular weight excluding hydrogens is 607 g/mol. The van der Waals surface area contributed by atoms with Crippen LogP contribution < -0.4 is 0 Å². The highest BCUT2D eigenvalue weighted by Crippen LogP contribution is 2.35. The van der Waals surface area contributed by atoms with Gasteiger partial charge in [-0.05, 0) is 44.9 Å². The third kappa shape index (κ3) is 33.3. The molecule has 10 heteroatoms. The molecule has 0 aromatic carbocycles. The molecule has 0 aliphatic carbocycles. The lowest BCUT2D eigenvalue weighted by atomic mass is 10.1. The fourth-order valence-corrected chi connectivity index (χ4v) is 4.87. The van der Waals surface area contributed by atoms with Crippen LogP contribution in [0.25, 0.3) is 0 Å². The van der Waals surface area contributed by atoms with E-state index in [1.54, 1.807) is 6.08 Å². The van der Waals surface area contributed by atoms with Crippen molar-refractivity contribution in [2.75, 3.05) is 13.2 Å². The topological polar surface area (TPSA) is 140 Å². The van der Waals surface area contributed by atoms with E-state index in [2.05, 4.69) is 24.4 Å². The molecule has 0 rings (SSSR count). The van der Waals surface area contributed by atoms with Gasteiger partial charge in [-0.2, -0.15) is 0 Å². The SMILES string of the molecule is CCCCC/C=C\C[C@@H](O)/C=C/C=C\C/C=C\CCCC(=O)OC[C@H](COP(=O)(O)O)OC(=O)CCCCCCCCCCCC. The largest absolute Gasteiger partial charge is 0.469 e. The van der Waals surface area contributed by atoms with E-state index in [1.807, 2.05) is 36.5 Å². The normalized spacial score (nSPS) is 13.8. The first-order chi connectivity index (χ1) is 22.2. The van der Waals surface area contributed by atoms with Crippen molar-refractivity contribution in [3.05, 3.63) is 48.6 Å². The molecule has 0 unspecified atom stereocenters. The van der Waals surface area contributed by atoms with Crippen LogP contribution in [0, 0.1) is 0 Å². The van der Waals surface area contributed by atoms with Crippen LogP contribution in [-0.2, 0) is 28.2 Å². The summed E-state index contributed by atoms with van der Waals surface area (Å²) in [4.78, 5) is 42.5. The van der Waals surface area contributed by atoms with Gasteiger partial charge in [0.25, 0.3) is 0 Å². The molecule has 0 saturated heterocycles. The standard InChI is InChI=1S/C36H63O9P/c1-3-5-7-9-11-12-13-18-22-26-30-36(39)45-34(32-44-46(40,41)42)31-43-35(38)29-25-21-17-15-14-16-20-24-28-33(37)27-23-19-10-8-6-4-2/h15-17,19-20,23-24,28,33-34,37H,3-14,18,21-22,25-27,29-32H2,1-2H3,(H2,40,41,42)/b17-15-,20-16-,23-19-,28-24+/t33-,34-/m1/s1. The lowest BCUT2D eigenvalue weighted by Gasteiger charge is -2.18. The van der Waals surface area contributed by atoms with Gasteiger partial charge in [-0.3, -0.25) is 14.1 Å². The van der Waals surface area contributed by atoms with Crippen molar-refractivity contribution in [2.45, 2.75) is 154 Å². The summed E-state index contributed by atoms with van der Waals surface area (Å²) in [6.07, 6.45) is 33.0. The van der Waals surface area contributed by atoms with Gasteiger partial charge in [0.05, 0.1) is 12.7 Å². The second-order valence-electron chi connectivity index (χ2n) is 11.7. The van der Waals surface area contributed by atoms with E-state index in [-0.39, 0.29) is 19.4 Å². The monoisotopic (exact) mass is 670 g/mol. The zero-order chi connectivity index (χ0) is 34.1. The molecule has 0 fully saturated rings. The Morgan fingerprint density at radius 3 is 1.93 bits per heavy atom. The van der Waals surface area contributed by atoms with Gasteiger partial charge in [0.1, 0.15) is 6.61 Å². The minimum atomic E-state index is -4.77. The highest BCUT2D eigenvalue weighted by molar-refractivity contribution is 7.46. The van der Waals surface area contributed by atoms with Gasteiger partial charge in [-0.1, -0.05) is 133 Å². The van der Waals surface area contributed by atoms with Crippen molar-refractivity contribution in [2.24, 2.45) is 0 Å². The van der Waals surface area contributed by atoms with Crippen LogP contribution in [0.4, 0.5) is 0 Å². The average Bonchev–Trinajstić information content (AvgIpc) is 3.01. The number of allylic oxidation sites excluding steroid dienone is 6. The summed E-state index contributed by atoms with van der Waals surface area (Å²) in [6, 6.07) is 0. The second-order valence-corrected chi connectivity index (χ2v) is 12.9. The van der Waals surface area contributed by atoms with Gasteiger partial charge in [-0.15, -0.1) is 0 Å². The van der Waals surface area contributed by atoms with Crippen molar-refractivity contribution in [1.82, 2.24) is 0 Å². The molecule has 0 spiro atoms. The average molecular weight is 671 g/mol. The highest BCUT2D eigenvalue weighted by Gasteiger charge is 2.22. The number of hydrogen-bond acceptors (Lipinski definition) is 7. The third-order valence-corrected chi connectivity index (χ3v) is 7.67. The second kappa shape index (κ2) is 31.6. The number of phosphoric acid groups is 1. The van der Waals surface area contributed by atoms with Gasteiger partial charge in [0.15, 0.2) is 6.10 Å². The molecule has 46 heavy (non-hydrogen) atoms. The Morgan fingerprint density at radius 2 is 1.26 bits per heavy atom. The van der Waals surface area contributed by atoms with Gasteiger partial charge >= 0.3 is 19.8 Å². The summed E-state index contributed by atoms with van der Waals surface area (Å²) in [5, 5.41) is 9.96. The van der Waals surface area contributed by atoms with E-state index in [9.17, 15) is 19.3 Å². The number of hydrogen-bond donors (Lipinski definition) is 3. The van der Waals surface area contributed by atoms with Crippen molar-refractivity contribution in [3.8, 4) is 0 Å². The summed E-state index contributed by atoms with van der Waals surface area (Å²) in [7, 11) is -4.77. The minimum absolute atomic E-state index is 0.159. The van der Waals surface area contributed by atoms with E-state index >= 15 is 0 Å². The fourth-order valence-electron chi connectivity index (χ4n) is 4.51. The molecule has 2 atom stereocenters. The number of unbranched alkanes of at least 4 members (excludes halogenated alkanes) is 13. The molecule has 0 amide bonds. The van der Waals surface area contributed by atoms with Crippen LogP contribution in [0.1, 0.15) is 142 Å². The van der Waals surface area contributed by atoms with Crippen LogP contribution in [0.2, 0.25) is 0 Å². The zero-order valence-corrected chi connectivity index (χ0v) is 29.5. The van der Waals surface area contributed by atoms with Crippen LogP contribution in [-0.4, -0.2) is 52.3 Å². The summed E-state index contributed by atoms with van der Waals surface area (Å²) in [5.74, 6) is -0.995. The van der Waals surface area contributed by atoms with Gasteiger partial charge in [0, 0.05) is 12.8 Å². The Labute approximate surface area is 278 Å². The number of carbonyl (C=O) groups excluding carboxylic acids is 2. The van der Waals surface area contributed by atoms with Gasteiger partial charge in [-0.25, -0.2) is 4.57 Å². The Balaban J connectivity index is 4.18. The first-order valence-corrected chi connectivity index (χ1v) is 19.1. The Bertz CT molecular complexity index is 907. The fraction of sp³-hybridized carbons (Fsp3) is 0.722. The van der Waals surface area contributed by atoms with Crippen LogP contribution in [0.15, 0.2) is 48.6 Å². The van der Waals surface area contributed by atoms with Gasteiger partial charge < -0.3 is 24.4 Å². The van der Waals surface area contributed by atoms with Crippen molar-refractivity contribution >= 4 is 19.8 Å². The van der Waals surface area contributed by atoms with Crippen LogP contribution >= 0.6 is 7.82 Å². The zero-order valence-electron chi connectivity index (χ0n) is 28.6. The predicted molar refractivity (Wildman–Crippen MR) is 185 cm³/mol. The molecular formula is C36H63O9P. The third-order valence-electron chi connectivity index (χ3n) is 7.18. The molecule has 0 aliphatic rings. The maximum atomic E-state index is 12.3. The number of esters is 2. The molecule has 0 aromatic heterocycles. The molecule has 0 radical (unpaired) electrons. The summed E-state index contributed by atoms with van der Waals surface area (Å²) >= 11 is 0. The van der Waals surface area contributed by atoms with Crippen LogP contribution in [0.3, 0.4) is 0 Å². The molecule has 0 bridgehead atoms. The smallest absolute Gasteiger partial charge is 0.462 e. The number of ether oxygens (including phenoxy) is 2. The summed E-state index contributed by atoms with van der Waals surface area (Å²) < 4.78 is 26.1. The Hall–Kier alpha value is -2.03. The molecule has 0 aromatic rings. The van der Waals surface area contributed by atoms with Crippen molar-refractivity contribution < 1.29 is 43.0 Å². The van der Waals surface area contributed by atoms with E-state index in [4.69, 9.17) is 19.3 Å². The Kier molecular flexibility index (Phi) is 30.2. The van der Waals surface area contributed by atoms with Gasteiger partial charge in [0.2, 0.25) is 0 Å². The Morgan fingerprint density at radius 1 is 0.674 bits per heavy atom. The van der Waals surface area contributed by atoms with E-state index in [0.717, 1.165) is 32.1 Å². The quantitative estimate of drug-likeness (QED) is 0.0217. The minimum Gasteiger partial charge on any atom is -0.462 e. The lowest BCUT2D eigenvalue weighted by molar-refractivity contribution is -0.161. The molecule has 0 saturated carbocycles. The molecule has 0 aliphatic heterocycles. The van der Waals surface area contributed by atoms with Crippen molar-refractivity contribution in [3.63, 3.8) is 0 Å². The first-order valence-electron chi connectivity index (χ1n) is 17.5. The highest BCUT2D eigenvalue weighted by atomic mass is 31.2. The molecule has 266 valence electrons. The van der Waals surface area contributed by atoms with E-state index in [0.29, 0.717) is 25.7 Å². The van der Waals surface area contributed by atoms with Crippen LogP contribution in [0.5, 0.6) is 0 Å². The van der Waals surface area contributed by atoms with Crippen molar-refractivity contribution in [1.29, 1.82) is 0 Å². The summed E-state index contributed by atoms with van der Waals surface area (Å²) in [6.45, 7) is 3.49. The number of phosphoric ester groups is 1. The lowest BCUT2D eigenvalue weighted by Crippen LogP contribution is -2.29. The maximum absolute atomic E-state index is 12.3. The van der Waals surface area contributed by atoms with E-state index < -0.39 is 38.6 Å². The number of carbonyl (C=O) groups is 2. The number of rotatable bonds is 31. The molecule has 9 nitrogen and oxygen atoms in total. The maximum Gasteiger partial charge on any atom is 0.469 e.